The Hall–Kier alpha value is -7.49. The van der Waals surface area contributed by atoms with Crippen LogP contribution in [-0.4, -0.2) is 10.3 Å². The summed E-state index contributed by atoms with van der Waals surface area (Å²) in [6.45, 7) is 9.25. The molecule has 0 fully saturated rings. The number of aliphatic imine (C=N–C) groups is 1. The van der Waals surface area contributed by atoms with E-state index in [0.29, 0.717) is 0 Å². The molecule has 0 aliphatic rings. The third kappa shape index (κ3) is 6.98. The maximum Gasteiger partial charge on any atom is 0.136 e. The molecule has 0 radical (unpaired) electrons. The largest absolute Gasteiger partial charge is 0.456 e. The second-order valence-electron chi connectivity index (χ2n) is 15.7. The molecule has 0 bridgehead atoms. The fourth-order valence-corrected chi connectivity index (χ4v) is 8.98. The lowest BCUT2D eigenvalue weighted by atomic mass is 9.90. The molecule has 3 heteroatoms. The maximum atomic E-state index is 6.58. The number of nitrogens with zero attached hydrogens (tertiary/aromatic N) is 2. The van der Waals surface area contributed by atoms with Gasteiger partial charge in [-0.1, -0.05) is 172 Å². The fourth-order valence-electron chi connectivity index (χ4n) is 8.98. The van der Waals surface area contributed by atoms with Gasteiger partial charge in [-0.25, -0.2) is 0 Å². The van der Waals surface area contributed by atoms with E-state index in [9.17, 15) is 0 Å². The van der Waals surface area contributed by atoms with Crippen molar-refractivity contribution in [2.24, 2.45) is 4.99 Å². The molecule has 294 valence electrons. The van der Waals surface area contributed by atoms with Gasteiger partial charge in [-0.05, 0) is 106 Å². The van der Waals surface area contributed by atoms with Crippen LogP contribution in [0.4, 0.5) is 0 Å². The van der Waals surface area contributed by atoms with Gasteiger partial charge in [-0.2, -0.15) is 0 Å². The van der Waals surface area contributed by atoms with Crippen molar-refractivity contribution in [3.05, 3.63) is 223 Å². The molecule has 0 aliphatic carbocycles. The lowest BCUT2D eigenvalue weighted by molar-refractivity contribution is 0.669. The summed E-state index contributed by atoms with van der Waals surface area (Å²) in [5.41, 5.74) is 17.3. The Kier molecular flexibility index (Phi) is 10.1. The number of para-hydroxylation sites is 1. The molecule has 0 saturated heterocycles. The monoisotopic (exact) mass is 786 g/mol. The molecule has 0 N–H and O–H groups in total. The third-order valence-electron chi connectivity index (χ3n) is 12.0. The van der Waals surface area contributed by atoms with Gasteiger partial charge in [0.15, 0.2) is 0 Å². The Bertz CT molecular complexity index is 3270. The van der Waals surface area contributed by atoms with Crippen molar-refractivity contribution in [1.82, 2.24) is 4.57 Å². The second kappa shape index (κ2) is 16.3. The summed E-state index contributed by atoms with van der Waals surface area (Å²) < 4.78 is 8.96. The average molecular weight is 787 g/mol. The van der Waals surface area contributed by atoms with Crippen LogP contribution in [0.15, 0.2) is 216 Å². The number of aromatic nitrogens is 1. The van der Waals surface area contributed by atoms with E-state index >= 15 is 0 Å². The zero-order chi connectivity index (χ0) is 41.3. The molecule has 2 aromatic heterocycles. The molecule has 61 heavy (non-hydrogen) atoms. The van der Waals surface area contributed by atoms with Crippen LogP contribution in [0.25, 0.3) is 83.0 Å². The molecule has 0 unspecified atom stereocenters. The topological polar surface area (TPSA) is 30.4 Å². The van der Waals surface area contributed by atoms with Crippen molar-refractivity contribution in [2.75, 3.05) is 0 Å². The van der Waals surface area contributed by atoms with Crippen molar-refractivity contribution in [3.63, 3.8) is 0 Å². The Morgan fingerprint density at radius 2 is 1.13 bits per heavy atom. The minimum absolute atomic E-state index is 0.767. The van der Waals surface area contributed by atoms with Crippen LogP contribution >= 0.6 is 0 Å². The Morgan fingerprint density at radius 3 is 1.85 bits per heavy atom. The summed E-state index contributed by atoms with van der Waals surface area (Å²) >= 11 is 0. The highest BCUT2D eigenvalue weighted by molar-refractivity contribution is 6.14. The van der Waals surface area contributed by atoms with E-state index in [-0.39, 0.29) is 0 Å². The molecule has 8 aromatic carbocycles. The molecule has 2 heterocycles. The average Bonchev–Trinajstić information content (AvgIpc) is 3.87. The molecule has 0 atom stereocenters. The first-order valence-electron chi connectivity index (χ1n) is 21.4. The van der Waals surface area contributed by atoms with E-state index in [2.05, 4.69) is 213 Å². The summed E-state index contributed by atoms with van der Waals surface area (Å²) in [6, 6.07) is 69.1. The quantitative estimate of drug-likeness (QED) is 0.0949. The maximum absolute atomic E-state index is 6.58. The van der Waals surface area contributed by atoms with Gasteiger partial charge >= 0.3 is 0 Å². The first kappa shape index (κ1) is 37.8. The summed E-state index contributed by atoms with van der Waals surface area (Å²) in [5, 5.41) is 4.59. The highest BCUT2D eigenvalue weighted by Crippen LogP contribution is 2.42. The van der Waals surface area contributed by atoms with Gasteiger partial charge in [-0.3, -0.25) is 4.99 Å². The zero-order valence-corrected chi connectivity index (χ0v) is 34.6. The van der Waals surface area contributed by atoms with Gasteiger partial charge in [-0.15, -0.1) is 0 Å². The molecule has 0 spiro atoms. The lowest BCUT2D eigenvalue weighted by Gasteiger charge is -2.17. The molecule has 0 saturated carbocycles. The zero-order valence-electron chi connectivity index (χ0n) is 34.6. The van der Waals surface area contributed by atoms with Crippen molar-refractivity contribution in [1.29, 1.82) is 0 Å². The molecular formula is C58H46N2O. The summed E-state index contributed by atoms with van der Waals surface area (Å²) in [4.78, 5) is 5.50. The van der Waals surface area contributed by atoms with Gasteiger partial charge in [0.05, 0.1) is 16.7 Å². The second-order valence-corrected chi connectivity index (χ2v) is 15.7. The SMILES string of the molecule is C=C(C(CC)=C(N=C(CCC)c1ccccc1)c1ccccc1)c1cccc2oc3ccc(-c4ccc5c(c4)c4ccccc4n5-c4ccc(-c5ccccc5)cc4)cc3c12. The van der Waals surface area contributed by atoms with Gasteiger partial charge in [0.2, 0.25) is 0 Å². The Labute approximate surface area is 357 Å². The first-order chi connectivity index (χ1) is 30.1. The van der Waals surface area contributed by atoms with Crippen LogP contribution < -0.4 is 0 Å². The standard InChI is InChI=1S/C58H46N2O/c1-4-18-52(42-21-11-7-12-22-42)59-58(43-23-13-8-14-24-43)47(5-2)39(3)48-26-17-28-56-57(48)51-38-45(32-36-55(51)61-56)44-31-35-54-50(37-44)49-25-15-16-27-53(49)60(54)46-33-29-41(30-34-46)40-19-9-6-10-20-40/h6-17,19-38H,3-5,18H2,1-2H3. The van der Waals surface area contributed by atoms with Crippen LogP contribution in [0.5, 0.6) is 0 Å². The van der Waals surface area contributed by atoms with Crippen molar-refractivity contribution < 1.29 is 4.42 Å². The van der Waals surface area contributed by atoms with Crippen LogP contribution in [0.2, 0.25) is 0 Å². The van der Waals surface area contributed by atoms with E-state index in [0.717, 1.165) is 97.3 Å². The van der Waals surface area contributed by atoms with Gasteiger partial charge in [0.1, 0.15) is 11.2 Å². The third-order valence-corrected chi connectivity index (χ3v) is 12.0. The number of fused-ring (bicyclic) bond motifs is 6. The number of hydrogen-bond acceptors (Lipinski definition) is 2. The lowest BCUT2D eigenvalue weighted by Crippen LogP contribution is -2.03. The van der Waals surface area contributed by atoms with Gasteiger partial charge in [0, 0.05) is 38.5 Å². The summed E-state index contributed by atoms with van der Waals surface area (Å²) in [6.07, 6.45) is 2.64. The van der Waals surface area contributed by atoms with E-state index in [1.165, 1.54) is 32.9 Å². The predicted octanol–water partition coefficient (Wildman–Crippen LogP) is 16.1. The molecule has 0 aliphatic heterocycles. The van der Waals surface area contributed by atoms with E-state index in [1.54, 1.807) is 0 Å². The van der Waals surface area contributed by atoms with Crippen LogP contribution in [0.3, 0.4) is 0 Å². The van der Waals surface area contributed by atoms with Crippen molar-refractivity contribution in [2.45, 2.75) is 33.1 Å². The van der Waals surface area contributed by atoms with E-state index in [4.69, 9.17) is 16.0 Å². The smallest absolute Gasteiger partial charge is 0.136 e. The van der Waals surface area contributed by atoms with Gasteiger partial charge in [0.25, 0.3) is 0 Å². The number of benzene rings is 8. The molecule has 10 rings (SSSR count). The highest BCUT2D eigenvalue weighted by Gasteiger charge is 2.20. The van der Waals surface area contributed by atoms with Gasteiger partial charge < -0.3 is 8.98 Å². The first-order valence-corrected chi connectivity index (χ1v) is 21.4. The molecule has 3 nitrogen and oxygen atoms in total. The minimum Gasteiger partial charge on any atom is -0.456 e. The number of allylic oxidation sites excluding steroid dienone is 2. The molecule has 10 aromatic rings. The predicted molar refractivity (Wildman–Crippen MR) is 260 cm³/mol. The minimum atomic E-state index is 0.767. The van der Waals surface area contributed by atoms with Crippen molar-refractivity contribution >= 4 is 60.7 Å². The van der Waals surface area contributed by atoms with Crippen LogP contribution in [-0.2, 0) is 0 Å². The van der Waals surface area contributed by atoms with Crippen LogP contribution in [0, 0.1) is 0 Å². The van der Waals surface area contributed by atoms with E-state index < -0.39 is 0 Å². The number of furan rings is 1. The molecular weight excluding hydrogens is 741 g/mol. The normalized spacial score (nSPS) is 12.4. The number of rotatable bonds is 11. The number of hydrogen-bond donors (Lipinski definition) is 0. The van der Waals surface area contributed by atoms with Crippen LogP contribution in [0.1, 0.15) is 49.8 Å². The fraction of sp³-hybridized carbons (Fsp3) is 0.0862. The summed E-state index contributed by atoms with van der Waals surface area (Å²) in [5.74, 6) is 0. The van der Waals surface area contributed by atoms with E-state index in [1.807, 2.05) is 0 Å². The Balaban J connectivity index is 1.09. The van der Waals surface area contributed by atoms with Crippen molar-refractivity contribution in [3.8, 4) is 27.9 Å². The highest BCUT2D eigenvalue weighted by atomic mass is 16.3. The summed E-state index contributed by atoms with van der Waals surface area (Å²) in [7, 11) is 0. The Morgan fingerprint density at radius 1 is 0.525 bits per heavy atom. The molecule has 0 amide bonds.